The highest BCUT2D eigenvalue weighted by molar-refractivity contribution is 8.76. The Kier molecular flexibility index (Phi) is 10.5. The zero-order valence-corrected chi connectivity index (χ0v) is 27.7. The lowest BCUT2D eigenvalue weighted by Gasteiger charge is -2.39. The van der Waals surface area contributed by atoms with Crippen molar-refractivity contribution in [3.05, 3.63) is 105 Å². The summed E-state index contributed by atoms with van der Waals surface area (Å²) in [5, 5.41) is 20.8. The van der Waals surface area contributed by atoms with Crippen molar-refractivity contribution in [1.29, 1.82) is 0 Å². The van der Waals surface area contributed by atoms with Gasteiger partial charge in [0.15, 0.2) is 0 Å². The first-order valence-electron chi connectivity index (χ1n) is 14.8. The molecule has 2 aromatic carbocycles. The Morgan fingerprint density at radius 2 is 1.92 bits per heavy atom. The molecule has 15 heteroatoms. The Morgan fingerprint density at radius 1 is 1.21 bits per heavy atom. The van der Waals surface area contributed by atoms with Crippen molar-refractivity contribution in [3.63, 3.8) is 0 Å². The first-order chi connectivity index (χ1) is 22.7. The highest BCUT2D eigenvalue weighted by atomic mass is 33.1. The lowest BCUT2D eigenvalue weighted by atomic mass is 9.90. The van der Waals surface area contributed by atoms with Gasteiger partial charge in [0, 0.05) is 41.4 Å². The van der Waals surface area contributed by atoms with Crippen LogP contribution in [0.5, 0.6) is 0 Å². The van der Waals surface area contributed by atoms with Crippen LogP contribution < -0.4 is 0 Å². The van der Waals surface area contributed by atoms with Gasteiger partial charge in [-0.25, -0.2) is 32.3 Å². The fourth-order valence-electron chi connectivity index (χ4n) is 5.67. The molecule has 10 nitrogen and oxygen atoms in total. The van der Waals surface area contributed by atoms with E-state index >= 15 is 13.2 Å². The third-order valence-electron chi connectivity index (χ3n) is 7.52. The van der Waals surface area contributed by atoms with Gasteiger partial charge in [-0.15, -0.1) is 0 Å². The van der Waals surface area contributed by atoms with E-state index in [1.165, 1.54) is 52.1 Å². The summed E-state index contributed by atoms with van der Waals surface area (Å²) < 4.78 is 54.1. The average molecular weight is 701 g/mol. The molecular weight excluding hydrogens is 670 g/mol. The molecule has 0 saturated carbocycles. The Labute approximate surface area is 281 Å². The number of rotatable bonds is 11. The molecular formula is C33H31F3N4O6S2. The number of aliphatic carboxylic acids is 1. The van der Waals surface area contributed by atoms with E-state index < -0.39 is 45.9 Å². The normalized spacial score (nSPS) is 15.8. The predicted octanol–water partition coefficient (Wildman–Crippen LogP) is 7.83. The van der Waals surface area contributed by atoms with Gasteiger partial charge in [-0.3, -0.25) is 15.0 Å². The number of carboxylic acids is 1. The topological polar surface area (TPSA) is 128 Å². The van der Waals surface area contributed by atoms with Crippen molar-refractivity contribution in [2.75, 3.05) is 19.7 Å². The summed E-state index contributed by atoms with van der Waals surface area (Å²) in [5.74, 6) is -3.25. The number of para-hydroxylation sites is 1. The van der Waals surface area contributed by atoms with Crippen molar-refractivity contribution >= 4 is 56.3 Å². The van der Waals surface area contributed by atoms with E-state index in [0.717, 1.165) is 30.5 Å². The minimum atomic E-state index is -1.76. The summed E-state index contributed by atoms with van der Waals surface area (Å²) in [4.78, 5) is 40.9. The number of nitro groups is 1. The Bertz CT molecular complexity index is 1870. The third kappa shape index (κ3) is 7.85. The molecule has 0 spiro atoms. The van der Waals surface area contributed by atoms with Gasteiger partial charge in [0.05, 0.1) is 22.2 Å². The zero-order valence-electron chi connectivity index (χ0n) is 26.1. The number of carbonyl (C=O) groups excluding carboxylic acids is 1. The number of carbonyl (C=O) groups is 2. The van der Waals surface area contributed by atoms with Crippen LogP contribution in [-0.4, -0.2) is 67.2 Å². The second-order valence-corrected chi connectivity index (χ2v) is 14.5. The van der Waals surface area contributed by atoms with E-state index in [1.54, 1.807) is 23.1 Å². The maximum absolute atomic E-state index is 15.9. The van der Waals surface area contributed by atoms with Crippen LogP contribution in [0.4, 0.5) is 23.7 Å². The lowest BCUT2D eigenvalue weighted by Crippen LogP contribution is -2.44. The van der Waals surface area contributed by atoms with Gasteiger partial charge in [-0.05, 0) is 79.5 Å². The van der Waals surface area contributed by atoms with Gasteiger partial charge in [0.1, 0.15) is 35.1 Å². The number of aromatic nitrogens is 2. The van der Waals surface area contributed by atoms with E-state index in [9.17, 15) is 19.7 Å². The van der Waals surface area contributed by atoms with E-state index in [0.29, 0.717) is 27.9 Å². The van der Waals surface area contributed by atoms with Crippen LogP contribution in [0.2, 0.25) is 0 Å². The van der Waals surface area contributed by atoms with Gasteiger partial charge >= 0.3 is 12.1 Å². The number of halogens is 3. The molecule has 48 heavy (non-hydrogen) atoms. The predicted molar refractivity (Wildman–Crippen MR) is 178 cm³/mol. The van der Waals surface area contributed by atoms with E-state index in [2.05, 4.69) is 4.98 Å². The van der Waals surface area contributed by atoms with Crippen molar-refractivity contribution in [2.45, 2.75) is 49.2 Å². The standard InChI is InChI=1S/C33H31F3N4O6S2/c1-19(47-48-27-10-9-21(16-37-27)40(44)45)17-46-32(43)39-26-7-5-4-6-22(26)23-12-13-38(18-33(2,3)36)31(30(23)39)29-24(34)14-20(15-25(29)35)8-11-28(41)42/h4-11,14-16,19,31H,12-13,17-18H2,1-3H3,(H,41,42)/b11-8+. The maximum Gasteiger partial charge on any atom is 0.418 e. The molecule has 0 radical (unpaired) electrons. The Balaban J connectivity index is 1.50. The number of carboxylic acid groups (broad SMARTS) is 1. The number of alkyl halides is 1. The maximum atomic E-state index is 15.9. The number of pyridine rings is 1. The summed E-state index contributed by atoms with van der Waals surface area (Å²) in [5.41, 5.74) is -0.910. The molecule has 0 aliphatic carbocycles. The van der Waals surface area contributed by atoms with Crippen LogP contribution in [0.1, 0.15) is 49.2 Å². The summed E-state index contributed by atoms with van der Waals surface area (Å²) in [6.07, 6.45) is 2.57. The molecule has 4 aromatic rings. The van der Waals surface area contributed by atoms with Crippen LogP contribution in [0, 0.1) is 21.7 Å². The highest BCUT2D eigenvalue weighted by Gasteiger charge is 2.40. The minimum Gasteiger partial charge on any atom is -0.478 e. The quantitative estimate of drug-likeness (QED) is 0.0716. The largest absolute Gasteiger partial charge is 0.478 e. The van der Waals surface area contributed by atoms with Gasteiger partial charge in [-0.1, -0.05) is 29.0 Å². The molecule has 0 saturated heterocycles. The monoisotopic (exact) mass is 700 g/mol. The molecule has 1 N–H and O–H groups in total. The summed E-state index contributed by atoms with van der Waals surface area (Å²) in [6, 6.07) is 10.7. The number of hydrogen-bond acceptors (Lipinski definition) is 9. The molecule has 1 aliphatic heterocycles. The lowest BCUT2D eigenvalue weighted by molar-refractivity contribution is -0.385. The van der Waals surface area contributed by atoms with E-state index in [4.69, 9.17) is 9.84 Å². The number of nitrogens with zero attached hydrogens (tertiary/aromatic N) is 4. The Hall–Kier alpha value is -4.34. The minimum absolute atomic E-state index is 0.0159. The summed E-state index contributed by atoms with van der Waals surface area (Å²) in [6.45, 7) is 4.53. The van der Waals surface area contributed by atoms with Crippen LogP contribution in [-0.2, 0) is 16.0 Å². The second-order valence-electron chi connectivity index (χ2n) is 11.8. The van der Waals surface area contributed by atoms with Crippen molar-refractivity contribution in [1.82, 2.24) is 14.5 Å². The molecule has 0 bridgehead atoms. The van der Waals surface area contributed by atoms with Crippen molar-refractivity contribution in [2.24, 2.45) is 0 Å². The van der Waals surface area contributed by atoms with Gasteiger partial charge < -0.3 is 9.84 Å². The van der Waals surface area contributed by atoms with Gasteiger partial charge in [0.25, 0.3) is 5.69 Å². The van der Waals surface area contributed by atoms with E-state index in [-0.39, 0.29) is 41.9 Å². The van der Waals surface area contributed by atoms with Gasteiger partial charge in [0.2, 0.25) is 0 Å². The van der Waals surface area contributed by atoms with Crippen LogP contribution >= 0.6 is 21.6 Å². The molecule has 252 valence electrons. The number of fused-ring (bicyclic) bond motifs is 3. The fraction of sp³-hybridized carbons (Fsp3) is 0.303. The molecule has 0 fully saturated rings. The summed E-state index contributed by atoms with van der Waals surface area (Å²) in [7, 11) is 2.59. The first kappa shape index (κ1) is 35.0. The number of hydrogen-bond donors (Lipinski definition) is 1. The molecule has 0 amide bonds. The van der Waals surface area contributed by atoms with Gasteiger partial charge in [-0.2, -0.15) is 0 Å². The smallest absolute Gasteiger partial charge is 0.418 e. The summed E-state index contributed by atoms with van der Waals surface area (Å²) >= 11 is 0. The van der Waals surface area contributed by atoms with Crippen molar-refractivity contribution in [3.8, 4) is 0 Å². The van der Waals surface area contributed by atoms with Crippen LogP contribution in [0.15, 0.2) is 65.8 Å². The number of benzene rings is 2. The van der Waals surface area contributed by atoms with Crippen LogP contribution in [0.3, 0.4) is 0 Å². The third-order valence-corrected chi connectivity index (χ3v) is 10.3. The Morgan fingerprint density at radius 3 is 2.54 bits per heavy atom. The average Bonchev–Trinajstić information content (AvgIpc) is 3.36. The first-order valence-corrected chi connectivity index (χ1v) is 17.0. The SMILES string of the molecule is CC(COC(=O)n1c2c(c3ccccc31)CCN(CC(C)(C)F)C2c1c(F)cc(/C=C/C(=O)O)cc1F)SSc1ccc([N+](=O)[O-])cn1. The number of ether oxygens (including phenoxy) is 1. The molecule has 2 aromatic heterocycles. The zero-order chi connectivity index (χ0) is 34.7. The molecule has 2 unspecified atom stereocenters. The fourth-order valence-corrected chi connectivity index (χ4v) is 7.53. The molecule has 3 heterocycles. The van der Waals surface area contributed by atoms with Crippen LogP contribution in [0.25, 0.3) is 17.0 Å². The van der Waals surface area contributed by atoms with Crippen molar-refractivity contribution < 1.29 is 37.5 Å². The second kappa shape index (κ2) is 14.4. The molecule has 2 atom stereocenters. The molecule has 1 aliphatic rings. The highest BCUT2D eigenvalue weighted by Crippen LogP contribution is 2.43. The molecule has 5 rings (SSSR count). The van der Waals surface area contributed by atoms with E-state index in [1.807, 2.05) is 13.0 Å².